The second-order valence-electron chi connectivity index (χ2n) is 6.48. The Labute approximate surface area is 182 Å². The quantitative estimate of drug-likeness (QED) is 0.427. The van der Waals surface area contributed by atoms with Crippen molar-refractivity contribution in [3.63, 3.8) is 0 Å². The van der Waals surface area contributed by atoms with Gasteiger partial charge in [-0.05, 0) is 48.5 Å². The summed E-state index contributed by atoms with van der Waals surface area (Å²) in [5.41, 5.74) is 1.82. The van der Waals surface area contributed by atoms with Gasteiger partial charge in [0.1, 0.15) is 5.75 Å². The number of nitrogens with zero attached hydrogens (tertiary/aromatic N) is 2. The molecule has 7 nitrogen and oxygen atoms in total. The van der Waals surface area contributed by atoms with Crippen molar-refractivity contribution in [2.24, 2.45) is 0 Å². The van der Waals surface area contributed by atoms with E-state index in [0.29, 0.717) is 27.5 Å². The Hall–Kier alpha value is -3.97. The maximum absolute atomic E-state index is 12.4. The summed E-state index contributed by atoms with van der Waals surface area (Å²) in [6.45, 7) is -0.259. The first-order valence-corrected chi connectivity index (χ1v) is 9.68. The number of ether oxygens (including phenoxy) is 1. The molecule has 0 aliphatic carbocycles. The topological polar surface area (TPSA) is 94.3 Å². The van der Waals surface area contributed by atoms with E-state index >= 15 is 0 Å². The summed E-state index contributed by atoms with van der Waals surface area (Å²) in [5, 5.41) is 10.8. The van der Waals surface area contributed by atoms with Crippen LogP contribution in [0.15, 0.2) is 83.3 Å². The third kappa shape index (κ3) is 5.15. The van der Waals surface area contributed by atoms with Gasteiger partial charge in [0, 0.05) is 21.7 Å². The first kappa shape index (κ1) is 20.3. The molecule has 4 rings (SSSR count). The number of carbonyl (C=O) groups is 2. The molecule has 0 aliphatic heterocycles. The van der Waals surface area contributed by atoms with Crippen molar-refractivity contribution < 1.29 is 18.7 Å². The molecule has 0 atom stereocenters. The number of anilines is 1. The van der Waals surface area contributed by atoms with Crippen molar-refractivity contribution in [2.45, 2.75) is 0 Å². The van der Waals surface area contributed by atoms with Gasteiger partial charge in [-0.2, -0.15) is 0 Å². The molecule has 0 fully saturated rings. The van der Waals surface area contributed by atoms with Crippen molar-refractivity contribution >= 4 is 29.3 Å². The number of halogens is 1. The standard InChI is InChI=1S/C23H16ClN3O4/c24-18-10-6-17(7-11-18)22-26-27-23(31-22)25-20(28)14-30-19-12-8-16(9-13-19)21(29)15-4-2-1-3-5-15/h1-13H,14H2,(H,25,27,28). The fourth-order valence-electron chi connectivity index (χ4n) is 2.75. The molecular formula is C23H16ClN3O4. The zero-order chi connectivity index (χ0) is 21.6. The van der Waals surface area contributed by atoms with E-state index in [-0.39, 0.29) is 24.3 Å². The van der Waals surface area contributed by atoms with E-state index in [1.165, 1.54) is 0 Å². The Kier molecular flexibility index (Phi) is 6.05. The number of nitrogens with one attached hydrogen (secondary N) is 1. The van der Waals surface area contributed by atoms with Gasteiger partial charge in [-0.1, -0.05) is 47.0 Å². The van der Waals surface area contributed by atoms with E-state index in [9.17, 15) is 9.59 Å². The smallest absolute Gasteiger partial charge is 0.322 e. The third-order valence-corrected chi connectivity index (χ3v) is 4.54. The van der Waals surface area contributed by atoms with E-state index in [4.69, 9.17) is 20.8 Å². The van der Waals surface area contributed by atoms with E-state index in [2.05, 4.69) is 15.5 Å². The van der Waals surface area contributed by atoms with E-state index in [1.54, 1.807) is 60.7 Å². The number of carbonyl (C=O) groups excluding carboxylic acids is 2. The predicted molar refractivity (Wildman–Crippen MR) is 115 cm³/mol. The lowest BCUT2D eigenvalue weighted by atomic mass is 10.0. The van der Waals surface area contributed by atoms with Crippen LogP contribution < -0.4 is 10.1 Å². The molecule has 0 aliphatic rings. The Bertz CT molecular complexity index is 1190. The van der Waals surface area contributed by atoms with Gasteiger partial charge in [0.2, 0.25) is 5.89 Å². The molecule has 0 bridgehead atoms. The minimum atomic E-state index is -0.462. The molecule has 3 aromatic carbocycles. The lowest BCUT2D eigenvalue weighted by Crippen LogP contribution is -2.20. The largest absolute Gasteiger partial charge is 0.484 e. The highest BCUT2D eigenvalue weighted by molar-refractivity contribution is 6.30. The summed E-state index contributed by atoms with van der Waals surface area (Å²) in [6.07, 6.45) is 0. The van der Waals surface area contributed by atoms with Crippen molar-refractivity contribution in [1.82, 2.24) is 10.2 Å². The maximum atomic E-state index is 12.4. The SMILES string of the molecule is O=C(COc1ccc(C(=O)c2ccccc2)cc1)Nc1nnc(-c2ccc(Cl)cc2)o1. The predicted octanol–water partition coefficient (Wildman–Crippen LogP) is 4.64. The van der Waals surface area contributed by atoms with Crippen LogP contribution in [0.1, 0.15) is 15.9 Å². The monoisotopic (exact) mass is 433 g/mol. The molecule has 0 saturated heterocycles. The van der Waals surface area contributed by atoms with Gasteiger partial charge in [-0.25, -0.2) is 0 Å². The van der Waals surface area contributed by atoms with Crippen LogP contribution in [0.25, 0.3) is 11.5 Å². The Morgan fingerprint density at radius 2 is 1.55 bits per heavy atom. The molecule has 0 spiro atoms. The molecule has 154 valence electrons. The minimum Gasteiger partial charge on any atom is -0.484 e. The maximum Gasteiger partial charge on any atom is 0.322 e. The number of benzene rings is 3. The lowest BCUT2D eigenvalue weighted by molar-refractivity contribution is -0.118. The number of hydrogen-bond donors (Lipinski definition) is 1. The van der Waals surface area contributed by atoms with Crippen LogP contribution in [0.5, 0.6) is 5.75 Å². The molecule has 0 radical (unpaired) electrons. The van der Waals surface area contributed by atoms with Crippen LogP contribution in [0.4, 0.5) is 6.01 Å². The fourth-order valence-corrected chi connectivity index (χ4v) is 2.87. The molecule has 1 amide bonds. The van der Waals surface area contributed by atoms with Crippen molar-refractivity contribution in [2.75, 3.05) is 11.9 Å². The first-order valence-electron chi connectivity index (χ1n) is 9.30. The Morgan fingerprint density at radius 3 is 2.26 bits per heavy atom. The third-order valence-electron chi connectivity index (χ3n) is 4.28. The minimum absolute atomic E-state index is 0.0395. The van der Waals surface area contributed by atoms with Crippen LogP contribution in [0, 0.1) is 0 Å². The van der Waals surface area contributed by atoms with E-state index < -0.39 is 5.91 Å². The van der Waals surface area contributed by atoms with Gasteiger partial charge in [0.15, 0.2) is 12.4 Å². The van der Waals surface area contributed by atoms with Crippen molar-refractivity contribution in [3.05, 3.63) is 95.0 Å². The summed E-state index contributed by atoms with van der Waals surface area (Å²) in [7, 11) is 0. The molecule has 4 aromatic rings. The number of ketones is 1. The number of amides is 1. The second-order valence-corrected chi connectivity index (χ2v) is 6.91. The molecule has 0 unspecified atom stereocenters. The van der Waals surface area contributed by atoms with Crippen LogP contribution in [0.2, 0.25) is 5.02 Å². The van der Waals surface area contributed by atoms with Gasteiger partial charge in [0.25, 0.3) is 5.91 Å². The lowest BCUT2D eigenvalue weighted by Gasteiger charge is -2.06. The van der Waals surface area contributed by atoms with Crippen LogP contribution in [-0.4, -0.2) is 28.5 Å². The van der Waals surface area contributed by atoms with Crippen molar-refractivity contribution in [3.8, 4) is 17.2 Å². The van der Waals surface area contributed by atoms with Gasteiger partial charge in [-0.15, -0.1) is 5.10 Å². The highest BCUT2D eigenvalue weighted by Crippen LogP contribution is 2.22. The average molecular weight is 434 g/mol. The summed E-state index contributed by atoms with van der Waals surface area (Å²) in [6, 6.07) is 22.4. The molecule has 1 heterocycles. The highest BCUT2D eigenvalue weighted by atomic mass is 35.5. The Morgan fingerprint density at radius 1 is 0.871 bits per heavy atom. The Balaban J connectivity index is 1.31. The second kappa shape index (κ2) is 9.23. The molecule has 0 saturated carbocycles. The summed E-state index contributed by atoms with van der Waals surface area (Å²) in [4.78, 5) is 24.5. The number of rotatable bonds is 7. The summed E-state index contributed by atoms with van der Waals surface area (Å²) in [5.74, 6) is 0.159. The molecule has 31 heavy (non-hydrogen) atoms. The van der Waals surface area contributed by atoms with Crippen LogP contribution in [-0.2, 0) is 4.79 Å². The average Bonchev–Trinajstić information content (AvgIpc) is 3.27. The van der Waals surface area contributed by atoms with Crippen molar-refractivity contribution in [1.29, 1.82) is 0 Å². The fraction of sp³-hybridized carbons (Fsp3) is 0.0435. The summed E-state index contributed by atoms with van der Waals surface area (Å²) >= 11 is 5.86. The molecule has 1 N–H and O–H groups in total. The number of aromatic nitrogens is 2. The molecule has 8 heteroatoms. The normalized spacial score (nSPS) is 10.5. The van der Waals surface area contributed by atoms with Gasteiger partial charge >= 0.3 is 6.01 Å². The zero-order valence-corrected chi connectivity index (χ0v) is 16.9. The van der Waals surface area contributed by atoms with Crippen LogP contribution >= 0.6 is 11.6 Å². The van der Waals surface area contributed by atoms with E-state index in [0.717, 1.165) is 0 Å². The molecule has 1 aromatic heterocycles. The van der Waals surface area contributed by atoms with Gasteiger partial charge < -0.3 is 9.15 Å². The van der Waals surface area contributed by atoms with Crippen LogP contribution in [0.3, 0.4) is 0 Å². The molecular weight excluding hydrogens is 418 g/mol. The highest BCUT2D eigenvalue weighted by Gasteiger charge is 2.13. The first-order chi connectivity index (χ1) is 15.1. The van der Waals surface area contributed by atoms with Gasteiger partial charge in [-0.3, -0.25) is 14.9 Å². The number of hydrogen-bond acceptors (Lipinski definition) is 6. The summed E-state index contributed by atoms with van der Waals surface area (Å²) < 4.78 is 10.9. The van der Waals surface area contributed by atoms with E-state index in [1.807, 2.05) is 18.2 Å². The zero-order valence-electron chi connectivity index (χ0n) is 16.1. The van der Waals surface area contributed by atoms with Gasteiger partial charge in [0.05, 0.1) is 0 Å².